The Morgan fingerprint density at radius 2 is 2.16 bits per heavy atom. The van der Waals surface area contributed by atoms with Crippen LogP contribution in [0, 0.1) is 0 Å². The van der Waals surface area contributed by atoms with E-state index in [1.54, 1.807) is 19.4 Å². The molecular weight excluding hydrogens is 266 g/mol. The first-order chi connectivity index (χ1) is 9.03. The molecule has 1 aromatic heterocycles. The fourth-order valence-corrected chi connectivity index (χ4v) is 2.83. The molecule has 2 N–H and O–H groups in total. The van der Waals surface area contributed by atoms with Crippen LogP contribution in [0.25, 0.3) is 0 Å². The van der Waals surface area contributed by atoms with Crippen LogP contribution in [0.1, 0.15) is 18.9 Å². The quantitative estimate of drug-likeness (QED) is 0.728. The number of methoxy groups -OCH3 is 1. The van der Waals surface area contributed by atoms with Crippen LogP contribution in [-0.2, 0) is 21.3 Å². The first kappa shape index (κ1) is 16.0. The standard InChI is InChI=1S/C12H21N3O3S/c1-4-11(9-18-3)15-19(16,17)12-6-5-10(7-13-2)8-14-12/h5-6,8,11,13,15H,4,7,9H2,1-3H3. The van der Waals surface area contributed by atoms with E-state index in [9.17, 15) is 8.42 Å². The summed E-state index contributed by atoms with van der Waals surface area (Å²) >= 11 is 0. The number of aromatic nitrogens is 1. The van der Waals surface area contributed by atoms with Crippen molar-refractivity contribution in [1.82, 2.24) is 15.0 Å². The van der Waals surface area contributed by atoms with E-state index in [-0.39, 0.29) is 11.1 Å². The predicted molar refractivity (Wildman–Crippen MR) is 73.3 cm³/mol. The molecule has 1 aromatic rings. The molecule has 1 rings (SSSR count). The van der Waals surface area contributed by atoms with Crippen molar-refractivity contribution in [2.75, 3.05) is 20.8 Å². The van der Waals surface area contributed by atoms with Crippen LogP contribution in [0.4, 0.5) is 0 Å². The number of nitrogens with zero attached hydrogens (tertiary/aromatic N) is 1. The van der Waals surface area contributed by atoms with Gasteiger partial charge in [-0.3, -0.25) is 0 Å². The fraction of sp³-hybridized carbons (Fsp3) is 0.583. The molecule has 0 saturated heterocycles. The molecule has 0 aromatic carbocycles. The summed E-state index contributed by atoms with van der Waals surface area (Å²) in [6.07, 6.45) is 2.22. The molecule has 0 aliphatic rings. The van der Waals surface area contributed by atoms with Crippen LogP contribution in [-0.4, -0.2) is 40.2 Å². The number of sulfonamides is 1. The smallest absolute Gasteiger partial charge is 0.258 e. The SMILES string of the molecule is CCC(COC)NS(=O)(=O)c1ccc(CNC)cn1. The van der Waals surface area contributed by atoms with Crippen molar-refractivity contribution in [2.24, 2.45) is 0 Å². The molecule has 0 spiro atoms. The molecular formula is C12H21N3O3S. The maximum atomic E-state index is 12.1. The van der Waals surface area contributed by atoms with Crippen molar-refractivity contribution in [3.05, 3.63) is 23.9 Å². The molecule has 0 bridgehead atoms. The Bertz CT molecular complexity index is 473. The maximum absolute atomic E-state index is 12.1. The van der Waals surface area contributed by atoms with Crippen molar-refractivity contribution < 1.29 is 13.2 Å². The van der Waals surface area contributed by atoms with Gasteiger partial charge in [0.2, 0.25) is 0 Å². The van der Waals surface area contributed by atoms with Gasteiger partial charge >= 0.3 is 0 Å². The summed E-state index contributed by atoms with van der Waals surface area (Å²) in [4.78, 5) is 3.99. The average molecular weight is 287 g/mol. The maximum Gasteiger partial charge on any atom is 0.258 e. The highest BCUT2D eigenvalue weighted by molar-refractivity contribution is 7.89. The number of hydrogen-bond acceptors (Lipinski definition) is 5. The molecule has 108 valence electrons. The Kier molecular flexibility index (Phi) is 6.36. The summed E-state index contributed by atoms with van der Waals surface area (Å²) in [5.41, 5.74) is 0.936. The number of ether oxygens (including phenoxy) is 1. The van der Waals surface area contributed by atoms with Crippen LogP contribution < -0.4 is 10.0 Å². The molecule has 0 amide bonds. The third kappa shape index (κ3) is 4.87. The van der Waals surface area contributed by atoms with Gasteiger partial charge in [0.15, 0.2) is 5.03 Å². The van der Waals surface area contributed by atoms with Gasteiger partial charge in [-0.1, -0.05) is 13.0 Å². The minimum atomic E-state index is -3.59. The molecule has 0 radical (unpaired) electrons. The van der Waals surface area contributed by atoms with Crippen LogP contribution in [0.2, 0.25) is 0 Å². The highest BCUT2D eigenvalue weighted by Crippen LogP contribution is 2.08. The highest BCUT2D eigenvalue weighted by atomic mass is 32.2. The second-order valence-corrected chi connectivity index (χ2v) is 5.88. The molecule has 0 fully saturated rings. The van der Waals surface area contributed by atoms with Crippen molar-refractivity contribution >= 4 is 10.0 Å². The van der Waals surface area contributed by atoms with E-state index < -0.39 is 10.0 Å². The van der Waals surface area contributed by atoms with Crippen molar-refractivity contribution in [3.63, 3.8) is 0 Å². The first-order valence-electron chi connectivity index (χ1n) is 6.14. The number of nitrogens with one attached hydrogen (secondary N) is 2. The molecule has 1 atom stereocenters. The van der Waals surface area contributed by atoms with Gasteiger partial charge in [-0.25, -0.2) is 18.1 Å². The third-order valence-electron chi connectivity index (χ3n) is 2.64. The Balaban J connectivity index is 2.81. The number of pyridine rings is 1. The van der Waals surface area contributed by atoms with Crippen LogP contribution in [0.5, 0.6) is 0 Å². The lowest BCUT2D eigenvalue weighted by atomic mass is 10.3. The summed E-state index contributed by atoms with van der Waals surface area (Å²) < 4.78 is 31.8. The van der Waals surface area contributed by atoms with Gasteiger partial charge in [0.05, 0.1) is 6.61 Å². The first-order valence-corrected chi connectivity index (χ1v) is 7.62. The van der Waals surface area contributed by atoms with Crippen LogP contribution in [0.15, 0.2) is 23.4 Å². The molecule has 7 heteroatoms. The molecule has 6 nitrogen and oxygen atoms in total. The van der Waals surface area contributed by atoms with Gasteiger partial charge < -0.3 is 10.1 Å². The van der Waals surface area contributed by atoms with E-state index in [4.69, 9.17) is 4.74 Å². The van der Waals surface area contributed by atoms with Crippen molar-refractivity contribution in [1.29, 1.82) is 0 Å². The van der Waals surface area contributed by atoms with E-state index >= 15 is 0 Å². The topological polar surface area (TPSA) is 80.3 Å². The van der Waals surface area contributed by atoms with Crippen molar-refractivity contribution in [3.8, 4) is 0 Å². The zero-order valence-electron chi connectivity index (χ0n) is 11.5. The van der Waals surface area contributed by atoms with Gasteiger partial charge in [0.1, 0.15) is 0 Å². The van der Waals surface area contributed by atoms with Gasteiger partial charge in [0, 0.05) is 25.9 Å². The highest BCUT2D eigenvalue weighted by Gasteiger charge is 2.20. The van der Waals surface area contributed by atoms with E-state index in [1.165, 1.54) is 6.07 Å². The van der Waals surface area contributed by atoms with E-state index in [1.807, 2.05) is 14.0 Å². The normalized spacial score (nSPS) is 13.4. The zero-order valence-corrected chi connectivity index (χ0v) is 12.3. The molecule has 1 heterocycles. The molecule has 0 aliphatic carbocycles. The summed E-state index contributed by atoms with van der Waals surface area (Å²) in [6.45, 7) is 2.89. The van der Waals surface area contributed by atoms with Gasteiger partial charge in [-0.05, 0) is 25.1 Å². The largest absolute Gasteiger partial charge is 0.383 e. The number of hydrogen-bond donors (Lipinski definition) is 2. The van der Waals surface area contributed by atoms with E-state index in [0.717, 1.165) is 5.56 Å². The Morgan fingerprint density at radius 1 is 1.42 bits per heavy atom. The van der Waals surface area contributed by atoms with E-state index in [2.05, 4.69) is 15.0 Å². The lowest BCUT2D eigenvalue weighted by Crippen LogP contribution is -2.37. The summed E-state index contributed by atoms with van der Waals surface area (Å²) in [5.74, 6) is 0. The van der Waals surface area contributed by atoms with Gasteiger partial charge in [-0.15, -0.1) is 0 Å². The fourth-order valence-electron chi connectivity index (χ4n) is 1.59. The Morgan fingerprint density at radius 3 is 2.63 bits per heavy atom. The molecule has 19 heavy (non-hydrogen) atoms. The summed E-state index contributed by atoms with van der Waals surface area (Å²) in [5, 5.41) is 3.01. The molecule has 0 saturated carbocycles. The minimum Gasteiger partial charge on any atom is -0.383 e. The molecule has 1 unspecified atom stereocenters. The van der Waals surface area contributed by atoms with E-state index in [0.29, 0.717) is 19.6 Å². The Labute approximate surface area is 114 Å². The second kappa shape index (κ2) is 7.54. The third-order valence-corrected chi connectivity index (χ3v) is 4.07. The predicted octanol–water partition coefficient (Wildman–Crippen LogP) is 0.504. The average Bonchev–Trinajstić information content (AvgIpc) is 2.39. The lowest BCUT2D eigenvalue weighted by Gasteiger charge is -2.15. The lowest BCUT2D eigenvalue weighted by molar-refractivity contribution is 0.173. The second-order valence-electron chi connectivity index (χ2n) is 4.22. The number of rotatable bonds is 8. The van der Waals surface area contributed by atoms with Crippen LogP contribution in [0.3, 0.4) is 0 Å². The summed E-state index contributed by atoms with van der Waals surface area (Å²) in [6, 6.07) is 3.01. The van der Waals surface area contributed by atoms with Crippen molar-refractivity contribution in [2.45, 2.75) is 31.0 Å². The van der Waals surface area contributed by atoms with Gasteiger partial charge in [-0.2, -0.15) is 0 Å². The van der Waals surface area contributed by atoms with Crippen LogP contribution >= 0.6 is 0 Å². The Hall–Kier alpha value is -1.02. The molecule has 0 aliphatic heterocycles. The monoisotopic (exact) mass is 287 g/mol. The minimum absolute atomic E-state index is 0.0295. The zero-order chi connectivity index (χ0) is 14.3. The summed E-state index contributed by atoms with van der Waals surface area (Å²) in [7, 11) is -0.221. The van der Waals surface area contributed by atoms with Gasteiger partial charge in [0.25, 0.3) is 10.0 Å².